The van der Waals surface area contributed by atoms with Crippen LogP contribution in [0.2, 0.25) is 10.0 Å². The second-order valence-corrected chi connectivity index (χ2v) is 8.18. The molecular weight excluding hydrogens is 369 g/mol. The van der Waals surface area contributed by atoms with E-state index in [1.165, 1.54) is 6.42 Å². The van der Waals surface area contributed by atoms with Crippen molar-refractivity contribution in [2.75, 3.05) is 13.2 Å². The quantitative estimate of drug-likeness (QED) is 0.710. The number of rotatable bonds is 4. The van der Waals surface area contributed by atoms with Gasteiger partial charge in [0.1, 0.15) is 12.7 Å². The second kappa shape index (κ2) is 7.22. The molecule has 1 aliphatic heterocycles. The van der Waals surface area contributed by atoms with E-state index in [-0.39, 0.29) is 24.7 Å². The van der Waals surface area contributed by atoms with E-state index in [1.54, 1.807) is 0 Å². The fraction of sp³-hybridized carbons (Fsp3) is 0.381. The van der Waals surface area contributed by atoms with E-state index in [9.17, 15) is 4.79 Å². The van der Waals surface area contributed by atoms with Crippen LogP contribution in [0.15, 0.2) is 48.5 Å². The van der Waals surface area contributed by atoms with Gasteiger partial charge in [0, 0.05) is 16.6 Å². The van der Waals surface area contributed by atoms with E-state index < -0.39 is 0 Å². The van der Waals surface area contributed by atoms with Crippen molar-refractivity contribution in [2.45, 2.75) is 25.5 Å². The summed E-state index contributed by atoms with van der Waals surface area (Å²) in [5.74, 6) is 1.30. The van der Waals surface area contributed by atoms with Crippen LogP contribution in [-0.2, 0) is 9.53 Å². The maximum atomic E-state index is 12.7. The Labute approximate surface area is 163 Å². The fourth-order valence-corrected chi connectivity index (χ4v) is 4.08. The molecule has 1 amide bonds. The Morgan fingerprint density at radius 3 is 2.46 bits per heavy atom. The summed E-state index contributed by atoms with van der Waals surface area (Å²) < 4.78 is 6.00. The van der Waals surface area contributed by atoms with Crippen LogP contribution in [0.25, 0.3) is 0 Å². The fourth-order valence-electron chi connectivity index (χ4n) is 3.75. The molecule has 4 rings (SSSR count). The molecule has 0 N–H and O–H groups in total. The summed E-state index contributed by atoms with van der Waals surface area (Å²) in [5.41, 5.74) is 2.01. The zero-order valence-electron chi connectivity index (χ0n) is 14.6. The summed E-state index contributed by atoms with van der Waals surface area (Å²) >= 11 is 12.3. The zero-order valence-corrected chi connectivity index (χ0v) is 16.1. The molecule has 0 unspecified atom stereocenters. The van der Waals surface area contributed by atoms with Gasteiger partial charge in [-0.15, -0.1) is 0 Å². The largest absolute Gasteiger partial charge is 0.361 e. The van der Waals surface area contributed by atoms with E-state index in [2.05, 4.69) is 6.92 Å². The van der Waals surface area contributed by atoms with Gasteiger partial charge in [0.15, 0.2) is 0 Å². The molecule has 2 aromatic carbocycles. The lowest BCUT2D eigenvalue weighted by molar-refractivity contribution is -0.159. The molecule has 0 aromatic heterocycles. The molecule has 2 aliphatic rings. The second-order valence-electron chi connectivity index (χ2n) is 7.30. The van der Waals surface area contributed by atoms with Crippen LogP contribution >= 0.6 is 23.2 Å². The van der Waals surface area contributed by atoms with E-state index in [0.29, 0.717) is 21.9 Å². The molecule has 1 saturated heterocycles. The van der Waals surface area contributed by atoms with Gasteiger partial charge < -0.3 is 9.64 Å². The van der Waals surface area contributed by atoms with Gasteiger partial charge in [0.25, 0.3) is 0 Å². The Kier molecular flexibility index (Phi) is 4.96. The lowest BCUT2D eigenvalue weighted by atomic mass is 9.92. The normalized spacial score (nSPS) is 28.3. The standard InChI is InChI=1S/C21H21Cl2NO2/c1-13-9-16(13)11-24-19(25)12-26-21(15-3-2-4-18(23)10-15)20(24)14-5-7-17(22)8-6-14/h2-8,10,13,16,20-21H,9,11-12H2,1H3/t13-,16+,20-,21+/m0/s1. The van der Waals surface area contributed by atoms with Gasteiger partial charge in [0.2, 0.25) is 5.91 Å². The monoisotopic (exact) mass is 389 g/mol. The average molecular weight is 390 g/mol. The van der Waals surface area contributed by atoms with Crippen LogP contribution in [0.1, 0.15) is 36.6 Å². The van der Waals surface area contributed by atoms with Crippen LogP contribution in [0, 0.1) is 11.8 Å². The summed E-state index contributed by atoms with van der Waals surface area (Å²) in [4.78, 5) is 14.7. The van der Waals surface area contributed by atoms with E-state index >= 15 is 0 Å². The molecule has 1 heterocycles. The van der Waals surface area contributed by atoms with Crippen LogP contribution < -0.4 is 0 Å². The molecule has 3 nitrogen and oxygen atoms in total. The minimum atomic E-state index is -0.248. The van der Waals surface area contributed by atoms with E-state index in [4.69, 9.17) is 27.9 Å². The minimum Gasteiger partial charge on any atom is -0.361 e. The lowest BCUT2D eigenvalue weighted by Crippen LogP contribution is -2.46. The third-order valence-corrected chi connectivity index (χ3v) is 5.91. The third kappa shape index (κ3) is 3.62. The lowest BCUT2D eigenvalue weighted by Gasteiger charge is -2.42. The summed E-state index contributed by atoms with van der Waals surface area (Å²) in [6.45, 7) is 3.11. The first-order valence-corrected chi connectivity index (χ1v) is 9.70. The van der Waals surface area contributed by atoms with Gasteiger partial charge in [-0.05, 0) is 53.6 Å². The van der Waals surface area contributed by atoms with E-state index in [0.717, 1.165) is 17.7 Å². The number of carbonyl (C=O) groups excluding carboxylic acids is 1. The highest BCUT2D eigenvalue weighted by Crippen LogP contribution is 2.45. The molecule has 26 heavy (non-hydrogen) atoms. The van der Waals surface area contributed by atoms with E-state index in [1.807, 2.05) is 53.4 Å². The molecular formula is C21H21Cl2NO2. The first-order valence-electron chi connectivity index (χ1n) is 8.95. The number of hydrogen-bond acceptors (Lipinski definition) is 2. The van der Waals surface area contributed by atoms with Crippen molar-refractivity contribution < 1.29 is 9.53 Å². The highest BCUT2D eigenvalue weighted by molar-refractivity contribution is 6.30. The summed E-state index contributed by atoms with van der Waals surface area (Å²) in [7, 11) is 0. The number of halogens is 2. The molecule has 4 atom stereocenters. The average Bonchev–Trinajstić information content (AvgIpc) is 3.32. The van der Waals surface area contributed by atoms with Gasteiger partial charge in [-0.1, -0.05) is 54.4 Å². The first kappa shape index (κ1) is 17.8. The number of morpholine rings is 1. The molecule has 0 radical (unpaired) electrons. The van der Waals surface area contributed by atoms with Crippen molar-refractivity contribution in [3.63, 3.8) is 0 Å². The maximum absolute atomic E-state index is 12.7. The zero-order chi connectivity index (χ0) is 18.3. The van der Waals surface area contributed by atoms with Crippen molar-refractivity contribution >= 4 is 29.1 Å². The van der Waals surface area contributed by atoms with Gasteiger partial charge in [-0.3, -0.25) is 4.79 Å². The first-order chi connectivity index (χ1) is 12.5. The highest BCUT2D eigenvalue weighted by Gasteiger charge is 2.43. The molecule has 2 fully saturated rings. The van der Waals surface area contributed by atoms with Crippen LogP contribution in [0.5, 0.6) is 0 Å². The van der Waals surface area contributed by atoms with Crippen molar-refractivity contribution in [1.82, 2.24) is 4.90 Å². The molecule has 2 aromatic rings. The smallest absolute Gasteiger partial charge is 0.249 e. The number of amides is 1. The third-order valence-electron chi connectivity index (χ3n) is 5.43. The number of benzene rings is 2. The van der Waals surface area contributed by atoms with Gasteiger partial charge in [0.05, 0.1) is 6.04 Å². The van der Waals surface area contributed by atoms with Crippen molar-refractivity contribution in [3.8, 4) is 0 Å². The van der Waals surface area contributed by atoms with Crippen molar-refractivity contribution in [1.29, 1.82) is 0 Å². The number of hydrogen-bond donors (Lipinski definition) is 0. The SMILES string of the molecule is C[C@H]1C[C@@H]1CN1C(=O)CO[C@H](c2cccc(Cl)c2)[C@@H]1c1ccc(Cl)cc1. The summed E-state index contributed by atoms with van der Waals surface area (Å²) in [5, 5.41) is 1.35. The maximum Gasteiger partial charge on any atom is 0.249 e. The summed E-state index contributed by atoms with van der Waals surface area (Å²) in [6.07, 6.45) is 0.932. The number of nitrogens with zero attached hydrogens (tertiary/aromatic N) is 1. The van der Waals surface area contributed by atoms with Crippen LogP contribution in [0.3, 0.4) is 0 Å². The Bertz CT molecular complexity index is 808. The van der Waals surface area contributed by atoms with Gasteiger partial charge in [-0.25, -0.2) is 0 Å². The number of ether oxygens (including phenoxy) is 1. The van der Waals surface area contributed by atoms with Gasteiger partial charge >= 0.3 is 0 Å². The topological polar surface area (TPSA) is 29.5 Å². The van der Waals surface area contributed by atoms with Crippen LogP contribution in [-0.4, -0.2) is 24.0 Å². The molecule has 1 saturated carbocycles. The molecule has 5 heteroatoms. The highest BCUT2D eigenvalue weighted by atomic mass is 35.5. The predicted octanol–water partition coefficient (Wildman–Crippen LogP) is 5.29. The van der Waals surface area contributed by atoms with Crippen LogP contribution in [0.4, 0.5) is 0 Å². The predicted molar refractivity (Wildman–Crippen MR) is 103 cm³/mol. The minimum absolute atomic E-state index is 0.0438. The molecule has 0 bridgehead atoms. The Morgan fingerprint density at radius 1 is 1.08 bits per heavy atom. The number of carbonyl (C=O) groups is 1. The molecule has 0 spiro atoms. The Morgan fingerprint density at radius 2 is 1.81 bits per heavy atom. The summed E-state index contributed by atoms with van der Waals surface area (Å²) in [6, 6.07) is 15.2. The molecule has 1 aliphatic carbocycles. The Balaban J connectivity index is 1.73. The van der Waals surface area contributed by atoms with Gasteiger partial charge in [-0.2, -0.15) is 0 Å². The molecule has 136 valence electrons. The van der Waals surface area contributed by atoms with Crippen molar-refractivity contribution in [2.24, 2.45) is 11.8 Å². The van der Waals surface area contributed by atoms with Crippen molar-refractivity contribution in [3.05, 3.63) is 69.7 Å². The Hall–Kier alpha value is -1.55.